The topological polar surface area (TPSA) is 67.1 Å². The number of hydrogen-bond donors (Lipinski definition) is 2. The number of aryl methyl sites for hydroxylation is 2. The Morgan fingerprint density at radius 3 is 2.56 bits per heavy atom. The van der Waals surface area contributed by atoms with Crippen LogP contribution in [0.5, 0.6) is 0 Å². The van der Waals surface area contributed by atoms with Gasteiger partial charge in [-0.3, -0.25) is 0 Å². The highest BCUT2D eigenvalue weighted by Gasteiger charge is 2.06. The zero-order valence-electron chi connectivity index (χ0n) is 15.1. The first-order valence-corrected chi connectivity index (χ1v) is 8.20. The third-order valence-electron chi connectivity index (χ3n) is 3.92. The molecule has 0 radical (unpaired) electrons. The number of aliphatic imine (C=N–C) groups is 1. The summed E-state index contributed by atoms with van der Waals surface area (Å²) in [4.78, 5) is 4.68. The van der Waals surface area contributed by atoms with Crippen LogP contribution >= 0.6 is 24.0 Å². The predicted molar refractivity (Wildman–Crippen MR) is 113 cm³/mol. The summed E-state index contributed by atoms with van der Waals surface area (Å²) in [5.74, 6) is 2.50. The fraction of sp³-hybridized carbons (Fsp3) is 0.389. The van der Waals surface area contributed by atoms with Crippen molar-refractivity contribution in [3.8, 4) is 0 Å². The maximum Gasteiger partial charge on any atom is 0.192 e. The number of nitrogens with zero attached hydrogens (tertiary/aromatic N) is 4. The van der Waals surface area contributed by atoms with Crippen molar-refractivity contribution >= 4 is 29.9 Å². The maximum absolute atomic E-state index is 4.68. The van der Waals surface area contributed by atoms with Crippen LogP contribution in [0.1, 0.15) is 29.7 Å². The summed E-state index contributed by atoms with van der Waals surface area (Å²) in [5, 5.41) is 14.8. The van der Waals surface area contributed by atoms with E-state index in [9.17, 15) is 0 Å². The van der Waals surface area contributed by atoms with Crippen molar-refractivity contribution in [3.63, 3.8) is 0 Å². The van der Waals surface area contributed by atoms with E-state index in [0.717, 1.165) is 24.0 Å². The molecule has 2 rings (SSSR count). The molecule has 7 heteroatoms. The van der Waals surface area contributed by atoms with Gasteiger partial charge >= 0.3 is 0 Å². The normalized spacial score (nSPS) is 10.9. The Hall–Kier alpha value is -1.90. The third-order valence-corrected chi connectivity index (χ3v) is 3.92. The van der Waals surface area contributed by atoms with Crippen LogP contribution in [-0.2, 0) is 26.6 Å². The monoisotopic (exact) mass is 454 g/mol. The van der Waals surface area contributed by atoms with Crippen LogP contribution in [0.3, 0.4) is 0 Å². The highest BCUT2D eigenvalue weighted by molar-refractivity contribution is 14.0. The molecule has 0 fully saturated rings. The van der Waals surface area contributed by atoms with E-state index >= 15 is 0 Å². The largest absolute Gasteiger partial charge is 0.353 e. The SMILES string of the molecule is C=CCNC(=NCc1ccccc1CC)NCc1nnc(C)n1C.I. The minimum Gasteiger partial charge on any atom is -0.353 e. The molecule has 0 spiro atoms. The smallest absolute Gasteiger partial charge is 0.192 e. The molecule has 0 unspecified atom stereocenters. The van der Waals surface area contributed by atoms with Crippen molar-refractivity contribution in [2.75, 3.05) is 6.54 Å². The van der Waals surface area contributed by atoms with Crippen LogP contribution in [-0.4, -0.2) is 27.3 Å². The Kier molecular flexibility index (Phi) is 9.18. The van der Waals surface area contributed by atoms with Crippen molar-refractivity contribution in [2.45, 2.75) is 33.4 Å². The average molecular weight is 454 g/mol. The van der Waals surface area contributed by atoms with E-state index in [-0.39, 0.29) is 24.0 Å². The van der Waals surface area contributed by atoms with Gasteiger partial charge in [0.25, 0.3) is 0 Å². The van der Waals surface area contributed by atoms with Crippen LogP contribution in [0.2, 0.25) is 0 Å². The lowest BCUT2D eigenvalue weighted by atomic mass is 10.1. The Morgan fingerprint density at radius 1 is 1.24 bits per heavy atom. The van der Waals surface area contributed by atoms with Gasteiger partial charge in [0.1, 0.15) is 5.82 Å². The second-order valence-corrected chi connectivity index (χ2v) is 5.53. The van der Waals surface area contributed by atoms with Gasteiger partial charge in [-0.2, -0.15) is 0 Å². The van der Waals surface area contributed by atoms with Crippen LogP contribution in [0, 0.1) is 6.92 Å². The zero-order valence-corrected chi connectivity index (χ0v) is 17.4. The van der Waals surface area contributed by atoms with Gasteiger partial charge in [-0.1, -0.05) is 37.3 Å². The van der Waals surface area contributed by atoms with Crippen molar-refractivity contribution in [1.82, 2.24) is 25.4 Å². The molecule has 0 aliphatic heterocycles. The summed E-state index contributed by atoms with van der Waals surface area (Å²) >= 11 is 0. The lowest BCUT2D eigenvalue weighted by Crippen LogP contribution is -2.37. The molecule has 1 aromatic heterocycles. The number of benzene rings is 1. The molecule has 1 aromatic carbocycles. The molecule has 0 aliphatic carbocycles. The van der Waals surface area contributed by atoms with Crippen molar-refractivity contribution in [2.24, 2.45) is 12.0 Å². The summed E-state index contributed by atoms with van der Waals surface area (Å²) in [6, 6.07) is 8.39. The Bertz CT molecular complexity index is 707. The van der Waals surface area contributed by atoms with Gasteiger partial charge < -0.3 is 15.2 Å². The lowest BCUT2D eigenvalue weighted by Gasteiger charge is -2.12. The highest BCUT2D eigenvalue weighted by Crippen LogP contribution is 2.10. The second-order valence-electron chi connectivity index (χ2n) is 5.53. The molecule has 0 saturated carbocycles. The molecule has 0 saturated heterocycles. The van der Waals surface area contributed by atoms with Gasteiger partial charge in [0, 0.05) is 13.6 Å². The summed E-state index contributed by atoms with van der Waals surface area (Å²) in [6.07, 6.45) is 2.82. The quantitative estimate of drug-likeness (QED) is 0.292. The fourth-order valence-corrected chi connectivity index (χ4v) is 2.33. The number of hydrogen-bond acceptors (Lipinski definition) is 3. The molecular weight excluding hydrogens is 427 g/mol. The minimum absolute atomic E-state index is 0. The van der Waals surface area contributed by atoms with Crippen LogP contribution < -0.4 is 10.6 Å². The van der Waals surface area contributed by atoms with Crippen LogP contribution in [0.25, 0.3) is 0 Å². The molecule has 0 amide bonds. The van der Waals surface area contributed by atoms with Gasteiger partial charge in [0.15, 0.2) is 11.8 Å². The first-order valence-electron chi connectivity index (χ1n) is 8.20. The second kappa shape index (κ2) is 10.9. The van der Waals surface area contributed by atoms with E-state index < -0.39 is 0 Å². The van der Waals surface area contributed by atoms with Gasteiger partial charge in [-0.15, -0.1) is 40.8 Å². The van der Waals surface area contributed by atoms with Gasteiger partial charge in [0.2, 0.25) is 0 Å². The molecule has 2 aromatic rings. The molecular formula is C18H27IN6. The number of guanidine groups is 1. The maximum atomic E-state index is 4.68. The van der Waals surface area contributed by atoms with Gasteiger partial charge in [0.05, 0.1) is 13.1 Å². The summed E-state index contributed by atoms with van der Waals surface area (Å²) in [7, 11) is 1.96. The Labute approximate surface area is 166 Å². The summed E-state index contributed by atoms with van der Waals surface area (Å²) in [6.45, 7) is 9.69. The molecule has 0 aliphatic rings. The van der Waals surface area contributed by atoms with Gasteiger partial charge in [-0.05, 0) is 24.5 Å². The Morgan fingerprint density at radius 2 is 1.96 bits per heavy atom. The molecule has 0 atom stereocenters. The molecule has 25 heavy (non-hydrogen) atoms. The van der Waals surface area contributed by atoms with Crippen molar-refractivity contribution in [1.29, 1.82) is 0 Å². The molecule has 0 bridgehead atoms. The van der Waals surface area contributed by atoms with Crippen LogP contribution in [0.4, 0.5) is 0 Å². The van der Waals surface area contributed by atoms with Gasteiger partial charge in [-0.25, -0.2) is 4.99 Å². The summed E-state index contributed by atoms with van der Waals surface area (Å²) < 4.78 is 1.96. The molecule has 136 valence electrons. The Balaban J connectivity index is 0.00000312. The van der Waals surface area contributed by atoms with E-state index in [2.05, 4.69) is 63.6 Å². The van der Waals surface area contributed by atoms with E-state index in [1.807, 2.05) is 24.6 Å². The molecule has 6 nitrogen and oxygen atoms in total. The highest BCUT2D eigenvalue weighted by atomic mass is 127. The van der Waals surface area contributed by atoms with E-state index in [0.29, 0.717) is 19.6 Å². The van der Waals surface area contributed by atoms with Crippen molar-refractivity contribution in [3.05, 3.63) is 59.7 Å². The number of halogens is 1. The molecule has 1 heterocycles. The summed E-state index contributed by atoms with van der Waals surface area (Å²) in [5.41, 5.74) is 2.57. The average Bonchev–Trinajstić information content (AvgIpc) is 2.93. The first-order chi connectivity index (χ1) is 11.7. The third kappa shape index (κ3) is 6.15. The lowest BCUT2D eigenvalue weighted by molar-refractivity contribution is 0.721. The van der Waals surface area contributed by atoms with E-state index in [4.69, 9.17) is 0 Å². The molecule has 2 N–H and O–H groups in total. The number of aromatic nitrogens is 3. The van der Waals surface area contributed by atoms with Crippen molar-refractivity contribution < 1.29 is 0 Å². The predicted octanol–water partition coefficient (Wildman–Crippen LogP) is 2.73. The minimum atomic E-state index is 0. The number of rotatable bonds is 7. The van der Waals surface area contributed by atoms with Crippen LogP contribution in [0.15, 0.2) is 41.9 Å². The standard InChI is InChI=1S/C18H26N6.HI/c1-5-11-19-18(21-13-17-23-22-14(3)24(17)4)20-12-16-10-8-7-9-15(16)6-2;/h5,7-10H,1,6,11-13H2,2-4H3,(H2,19,20,21);1H. The number of nitrogens with one attached hydrogen (secondary N) is 2. The zero-order chi connectivity index (χ0) is 17.4. The van der Waals surface area contributed by atoms with E-state index in [1.165, 1.54) is 11.1 Å². The van der Waals surface area contributed by atoms with E-state index in [1.54, 1.807) is 0 Å². The fourth-order valence-electron chi connectivity index (χ4n) is 2.33. The first kappa shape index (κ1) is 21.1.